The van der Waals surface area contributed by atoms with Crippen LogP contribution in [-0.4, -0.2) is 23.5 Å². The molecule has 5 nitrogen and oxygen atoms in total. The highest BCUT2D eigenvalue weighted by Crippen LogP contribution is 2.49. The SMILES string of the molecule is CCCC12C=CC(O1)C(C(N)=O)C2C(N)=O. The summed E-state index contributed by atoms with van der Waals surface area (Å²) in [4.78, 5) is 22.8. The first-order chi connectivity index (χ1) is 7.52. The van der Waals surface area contributed by atoms with Crippen LogP contribution in [0, 0.1) is 11.8 Å². The van der Waals surface area contributed by atoms with Crippen LogP contribution in [0.5, 0.6) is 0 Å². The van der Waals surface area contributed by atoms with E-state index in [1.165, 1.54) is 0 Å². The van der Waals surface area contributed by atoms with Crippen LogP contribution in [0.4, 0.5) is 0 Å². The fourth-order valence-electron chi connectivity index (χ4n) is 2.89. The van der Waals surface area contributed by atoms with Gasteiger partial charge < -0.3 is 16.2 Å². The second-order valence-electron chi connectivity index (χ2n) is 4.45. The number of ether oxygens (including phenoxy) is 1. The smallest absolute Gasteiger partial charge is 0.224 e. The molecule has 88 valence electrons. The number of amides is 2. The highest BCUT2D eigenvalue weighted by atomic mass is 16.5. The molecule has 0 radical (unpaired) electrons. The number of carbonyl (C=O) groups excluding carboxylic acids is 2. The minimum absolute atomic E-state index is 0.387. The molecular weight excluding hydrogens is 208 g/mol. The van der Waals surface area contributed by atoms with Crippen LogP contribution in [0.15, 0.2) is 12.2 Å². The van der Waals surface area contributed by atoms with E-state index in [-0.39, 0.29) is 6.10 Å². The molecule has 2 aliphatic heterocycles. The molecule has 0 aliphatic carbocycles. The number of hydrogen-bond donors (Lipinski definition) is 2. The van der Waals surface area contributed by atoms with E-state index in [4.69, 9.17) is 16.2 Å². The van der Waals surface area contributed by atoms with Crippen LogP contribution >= 0.6 is 0 Å². The van der Waals surface area contributed by atoms with Crippen LogP contribution in [0.25, 0.3) is 0 Å². The van der Waals surface area contributed by atoms with Gasteiger partial charge in [-0.15, -0.1) is 0 Å². The zero-order valence-electron chi connectivity index (χ0n) is 9.18. The van der Waals surface area contributed by atoms with E-state index in [0.29, 0.717) is 6.42 Å². The Kier molecular flexibility index (Phi) is 2.50. The zero-order chi connectivity index (χ0) is 11.9. The minimum Gasteiger partial charge on any atom is -0.369 e. The van der Waals surface area contributed by atoms with Crippen LogP contribution in [0.1, 0.15) is 19.8 Å². The molecule has 2 heterocycles. The van der Waals surface area contributed by atoms with Gasteiger partial charge in [0.15, 0.2) is 0 Å². The van der Waals surface area contributed by atoms with E-state index in [1.807, 2.05) is 19.1 Å². The Morgan fingerprint density at radius 3 is 2.56 bits per heavy atom. The third-order valence-electron chi connectivity index (χ3n) is 3.44. The summed E-state index contributed by atoms with van der Waals surface area (Å²) in [7, 11) is 0. The normalized spacial score (nSPS) is 40.2. The van der Waals surface area contributed by atoms with Crippen molar-refractivity contribution < 1.29 is 14.3 Å². The lowest BCUT2D eigenvalue weighted by atomic mass is 9.73. The first kappa shape index (κ1) is 11.1. The maximum atomic E-state index is 11.5. The monoisotopic (exact) mass is 224 g/mol. The minimum atomic E-state index is -0.703. The lowest BCUT2D eigenvalue weighted by molar-refractivity contribution is -0.132. The van der Waals surface area contributed by atoms with E-state index < -0.39 is 29.3 Å². The van der Waals surface area contributed by atoms with Gasteiger partial charge in [0.25, 0.3) is 0 Å². The van der Waals surface area contributed by atoms with Gasteiger partial charge in [-0.25, -0.2) is 0 Å². The predicted octanol–water partition coefficient (Wildman–Crippen LogP) is -0.303. The number of hydrogen-bond acceptors (Lipinski definition) is 3. The van der Waals surface area contributed by atoms with Crippen LogP contribution < -0.4 is 11.5 Å². The average molecular weight is 224 g/mol. The summed E-state index contributed by atoms with van der Waals surface area (Å²) in [5, 5.41) is 0. The van der Waals surface area contributed by atoms with Crippen LogP contribution in [0.3, 0.4) is 0 Å². The van der Waals surface area contributed by atoms with E-state index in [1.54, 1.807) is 0 Å². The molecule has 5 heteroatoms. The van der Waals surface area contributed by atoms with E-state index >= 15 is 0 Å². The van der Waals surface area contributed by atoms with Crippen molar-refractivity contribution in [2.24, 2.45) is 23.3 Å². The van der Waals surface area contributed by atoms with Crippen LogP contribution in [-0.2, 0) is 14.3 Å². The Bertz CT molecular complexity index is 366. The Morgan fingerprint density at radius 2 is 2.06 bits per heavy atom. The molecule has 2 bridgehead atoms. The fraction of sp³-hybridized carbons (Fsp3) is 0.636. The van der Waals surface area contributed by atoms with E-state index in [0.717, 1.165) is 6.42 Å². The maximum Gasteiger partial charge on any atom is 0.224 e. The van der Waals surface area contributed by atoms with Gasteiger partial charge in [-0.2, -0.15) is 0 Å². The first-order valence-corrected chi connectivity index (χ1v) is 5.47. The Balaban J connectivity index is 2.38. The molecule has 0 spiro atoms. The van der Waals surface area contributed by atoms with Crippen molar-refractivity contribution in [2.75, 3.05) is 0 Å². The quantitative estimate of drug-likeness (QED) is 0.641. The second-order valence-corrected chi connectivity index (χ2v) is 4.45. The van der Waals surface area contributed by atoms with Gasteiger partial charge in [0.1, 0.15) is 0 Å². The third kappa shape index (κ3) is 1.35. The van der Waals surface area contributed by atoms with Gasteiger partial charge in [-0.1, -0.05) is 25.5 Å². The Morgan fingerprint density at radius 1 is 1.38 bits per heavy atom. The first-order valence-electron chi connectivity index (χ1n) is 5.47. The van der Waals surface area contributed by atoms with Crippen molar-refractivity contribution in [3.63, 3.8) is 0 Å². The molecule has 0 saturated carbocycles. The standard InChI is InChI=1S/C11H16N2O3/c1-2-4-11-5-3-6(16-11)7(9(12)14)8(11)10(13)15/h3,5-8H,2,4H2,1H3,(H2,12,14)(H2,13,15). The molecule has 0 aromatic rings. The molecule has 1 fully saturated rings. The lowest BCUT2D eigenvalue weighted by Gasteiger charge is -2.30. The van der Waals surface area contributed by atoms with E-state index in [2.05, 4.69) is 0 Å². The maximum absolute atomic E-state index is 11.5. The highest BCUT2D eigenvalue weighted by Gasteiger charge is 2.60. The molecule has 2 amide bonds. The molecule has 16 heavy (non-hydrogen) atoms. The van der Waals surface area contributed by atoms with Gasteiger partial charge in [0, 0.05) is 0 Å². The van der Waals surface area contributed by atoms with Crippen molar-refractivity contribution in [2.45, 2.75) is 31.5 Å². The lowest BCUT2D eigenvalue weighted by Crippen LogP contribution is -2.47. The van der Waals surface area contributed by atoms with Crippen molar-refractivity contribution in [3.05, 3.63) is 12.2 Å². The average Bonchev–Trinajstić information content (AvgIpc) is 2.72. The fourth-order valence-corrected chi connectivity index (χ4v) is 2.89. The van der Waals surface area contributed by atoms with Gasteiger partial charge in [-0.05, 0) is 6.42 Å². The summed E-state index contributed by atoms with van der Waals surface area (Å²) < 4.78 is 5.74. The molecule has 2 aliphatic rings. The summed E-state index contributed by atoms with van der Waals surface area (Å²) in [5.41, 5.74) is 9.97. The molecule has 4 N–H and O–H groups in total. The van der Waals surface area contributed by atoms with Gasteiger partial charge in [-0.3, -0.25) is 9.59 Å². The molecule has 2 rings (SSSR count). The van der Waals surface area contributed by atoms with Gasteiger partial charge in [0.05, 0.1) is 23.5 Å². The number of carbonyl (C=O) groups is 2. The number of rotatable bonds is 4. The van der Waals surface area contributed by atoms with Crippen molar-refractivity contribution >= 4 is 11.8 Å². The largest absolute Gasteiger partial charge is 0.369 e. The molecule has 4 atom stereocenters. The summed E-state index contributed by atoms with van der Waals surface area (Å²) >= 11 is 0. The summed E-state index contributed by atoms with van der Waals surface area (Å²) in [5.74, 6) is -2.27. The summed E-state index contributed by atoms with van der Waals surface area (Å²) in [6, 6.07) is 0. The molecule has 0 aromatic carbocycles. The third-order valence-corrected chi connectivity index (χ3v) is 3.44. The number of fused-ring (bicyclic) bond motifs is 2. The second kappa shape index (κ2) is 3.59. The topological polar surface area (TPSA) is 95.4 Å². The number of nitrogens with two attached hydrogens (primary N) is 2. The predicted molar refractivity (Wildman–Crippen MR) is 57.0 cm³/mol. The summed E-state index contributed by atoms with van der Waals surface area (Å²) in [6.07, 6.45) is 4.81. The van der Waals surface area contributed by atoms with Gasteiger partial charge in [0.2, 0.25) is 11.8 Å². The molecule has 4 unspecified atom stereocenters. The van der Waals surface area contributed by atoms with Crippen molar-refractivity contribution in [1.29, 1.82) is 0 Å². The van der Waals surface area contributed by atoms with Crippen molar-refractivity contribution in [1.82, 2.24) is 0 Å². The highest BCUT2D eigenvalue weighted by molar-refractivity contribution is 5.89. The van der Waals surface area contributed by atoms with Gasteiger partial charge >= 0.3 is 0 Å². The molecular formula is C11H16N2O3. The summed E-state index contributed by atoms with van der Waals surface area (Å²) in [6.45, 7) is 1.99. The molecule has 0 aromatic heterocycles. The van der Waals surface area contributed by atoms with Crippen LogP contribution in [0.2, 0.25) is 0 Å². The molecule has 1 saturated heterocycles. The Hall–Kier alpha value is -1.36. The van der Waals surface area contributed by atoms with E-state index in [9.17, 15) is 9.59 Å². The zero-order valence-corrected chi connectivity index (χ0v) is 9.18. The number of primary amides is 2. The van der Waals surface area contributed by atoms with Crippen molar-refractivity contribution in [3.8, 4) is 0 Å². The Labute approximate surface area is 93.8 Å².